The summed E-state index contributed by atoms with van der Waals surface area (Å²) in [6, 6.07) is 11.0. The van der Waals surface area contributed by atoms with Gasteiger partial charge >= 0.3 is 5.97 Å². The van der Waals surface area contributed by atoms with E-state index in [2.05, 4.69) is 4.98 Å². The molecule has 0 spiro atoms. The van der Waals surface area contributed by atoms with E-state index >= 15 is 0 Å². The third kappa shape index (κ3) is 3.93. The van der Waals surface area contributed by atoms with Crippen molar-refractivity contribution in [2.24, 2.45) is 0 Å². The van der Waals surface area contributed by atoms with Crippen molar-refractivity contribution in [1.29, 1.82) is 0 Å². The summed E-state index contributed by atoms with van der Waals surface area (Å²) < 4.78 is 0. The van der Waals surface area contributed by atoms with Crippen LogP contribution < -0.4 is 0 Å². The third-order valence-electron chi connectivity index (χ3n) is 2.78. The van der Waals surface area contributed by atoms with Crippen molar-refractivity contribution in [3.63, 3.8) is 0 Å². The van der Waals surface area contributed by atoms with Gasteiger partial charge in [-0.1, -0.05) is 35.9 Å². The monoisotopic (exact) mass is 287 g/mol. The van der Waals surface area contributed by atoms with Crippen LogP contribution in [0.1, 0.15) is 22.5 Å². The molecule has 0 unspecified atom stereocenters. The number of carboxylic acid groups (broad SMARTS) is 1. The van der Waals surface area contributed by atoms with Crippen LogP contribution in [-0.2, 0) is 11.2 Å². The van der Waals surface area contributed by atoms with Crippen LogP contribution >= 0.6 is 11.6 Å². The topological polar surface area (TPSA) is 50.2 Å². The lowest BCUT2D eigenvalue weighted by molar-refractivity contribution is -0.136. The van der Waals surface area contributed by atoms with Crippen molar-refractivity contribution in [2.75, 3.05) is 0 Å². The highest BCUT2D eigenvalue weighted by molar-refractivity contribution is 6.30. The van der Waals surface area contributed by atoms with Gasteiger partial charge < -0.3 is 5.11 Å². The maximum Gasteiger partial charge on any atom is 0.307 e. The molecule has 0 radical (unpaired) electrons. The van der Waals surface area contributed by atoms with Crippen molar-refractivity contribution in [3.8, 4) is 0 Å². The Morgan fingerprint density at radius 2 is 2.10 bits per heavy atom. The number of aromatic nitrogens is 1. The summed E-state index contributed by atoms with van der Waals surface area (Å²) in [6.07, 6.45) is 3.65. The minimum atomic E-state index is -0.868. The van der Waals surface area contributed by atoms with E-state index in [0.29, 0.717) is 16.3 Å². The quantitative estimate of drug-likeness (QED) is 0.929. The number of hydrogen-bond acceptors (Lipinski definition) is 2. The van der Waals surface area contributed by atoms with Gasteiger partial charge in [-0.3, -0.25) is 9.78 Å². The summed E-state index contributed by atoms with van der Waals surface area (Å²) >= 11 is 5.92. The summed E-state index contributed by atoms with van der Waals surface area (Å²) in [5, 5.41) is 9.58. The molecule has 2 aromatic rings. The highest BCUT2D eigenvalue weighted by atomic mass is 35.5. The highest BCUT2D eigenvalue weighted by Gasteiger charge is 2.06. The van der Waals surface area contributed by atoms with Crippen LogP contribution in [0.4, 0.5) is 0 Å². The van der Waals surface area contributed by atoms with Crippen molar-refractivity contribution in [1.82, 2.24) is 4.98 Å². The molecule has 1 aromatic carbocycles. The molecule has 1 N–H and O–H groups in total. The largest absolute Gasteiger partial charge is 0.481 e. The first-order valence-corrected chi connectivity index (χ1v) is 6.54. The Morgan fingerprint density at radius 1 is 1.30 bits per heavy atom. The number of carbonyl (C=O) groups is 1. The standard InChI is InChI=1S/C16H14ClNO2/c1-11-5-7-13(10-16(19)20)15(18-11)8-6-12-3-2-4-14(17)9-12/h2-9H,10H2,1H3,(H,19,20). The van der Waals surface area contributed by atoms with Crippen LogP contribution in [0.25, 0.3) is 12.2 Å². The molecule has 0 amide bonds. The lowest BCUT2D eigenvalue weighted by Gasteiger charge is -2.04. The van der Waals surface area contributed by atoms with Crippen molar-refractivity contribution in [2.45, 2.75) is 13.3 Å². The number of aliphatic carboxylic acids is 1. The van der Waals surface area contributed by atoms with Gasteiger partial charge in [0.25, 0.3) is 0 Å². The van der Waals surface area contributed by atoms with Crippen LogP contribution in [0.5, 0.6) is 0 Å². The van der Waals surface area contributed by atoms with Gasteiger partial charge in [-0.15, -0.1) is 0 Å². The number of hydrogen-bond donors (Lipinski definition) is 1. The first-order chi connectivity index (χ1) is 9.54. The van der Waals surface area contributed by atoms with Gasteiger partial charge in [-0.2, -0.15) is 0 Å². The fourth-order valence-electron chi connectivity index (χ4n) is 1.85. The van der Waals surface area contributed by atoms with Gasteiger partial charge in [0.1, 0.15) is 0 Å². The van der Waals surface area contributed by atoms with E-state index in [-0.39, 0.29) is 6.42 Å². The zero-order valence-electron chi connectivity index (χ0n) is 11.0. The Bertz CT molecular complexity index is 665. The molecule has 1 heterocycles. The smallest absolute Gasteiger partial charge is 0.307 e. The second kappa shape index (κ2) is 6.35. The minimum Gasteiger partial charge on any atom is -0.481 e. The lowest BCUT2D eigenvalue weighted by atomic mass is 10.1. The van der Waals surface area contributed by atoms with Gasteiger partial charge in [0, 0.05) is 10.7 Å². The van der Waals surface area contributed by atoms with E-state index < -0.39 is 5.97 Å². The molecule has 20 heavy (non-hydrogen) atoms. The van der Waals surface area contributed by atoms with Gasteiger partial charge in [0.2, 0.25) is 0 Å². The molecular weight excluding hydrogens is 274 g/mol. The Morgan fingerprint density at radius 3 is 2.80 bits per heavy atom. The Hall–Kier alpha value is -2.13. The molecule has 0 saturated carbocycles. The molecule has 1 aromatic heterocycles. The molecule has 0 aliphatic rings. The molecule has 3 nitrogen and oxygen atoms in total. The van der Waals surface area contributed by atoms with E-state index in [9.17, 15) is 4.79 Å². The normalized spacial score (nSPS) is 10.9. The number of aryl methyl sites for hydroxylation is 1. The summed E-state index contributed by atoms with van der Waals surface area (Å²) in [7, 11) is 0. The summed E-state index contributed by atoms with van der Waals surface area (Å²) in [6.45, 7) is 1.88. The van der Waals surface area contributed by atoms with Crippen LogP contribution in [0.3, 0.4) is 0 Å². The third-order valence-corrected chi connectivity index (χ3v) is 3.01. The molecule has 0 aliphatic heterocycles. The van der Waals surface area contributed by atoms with Crippen molar-refractivity contribution < 1.29 is 9.90 Å². The molecule has 0 atom stereocenters. The number of halogens is 1. The van der Waals surface area contributed by atoms with Crippen molar-refractivity contribution in [3.05, 3.63) is 63.9 Å². The molecule has 0 saturated heterocycles. The fraction of sp³-hybridized carbons (Fsp3) is 0.125. The highest BCUT2D eigenvalue weighted by Crippen LogP contribution is 2.16. The Labute approximate surface area is 122 Å². The molecular formula is C16H14ClNO2. The van der Waals surface area contributed by atoms with E-state index in [1.165, 1.54) is 0 Å². The summed E-state index contributed by atoms with van der Waals surface area (Å²) in [5.74, 6) is -0.868. The van der Waals surface area contributed by atoms with Crippen LogP contribution in [-0.4, -0.2) is 16.1 Å². The number of rotatable bonds is 4. The van der Waals surface area contributed by atoms with Crippen LogP contribution in [0, 0.1) is 6.92 Å². The lowest BCUT2D eigenvalue weighted by Crippen LogP contribution is -2.03. The average molecular weight is 288 g/mol. The zero-order chi connectivity index (χ0) is 14.5. The molecule has 102 valence electrons. The van der Waals surface area contributed by atoms with Crippen LogP contribution in [0.15, 0.2) is 36.4 Å². The molecule has 0 fully saturated rings. The SMILES string of the molecule is Cc1ccc(CC(=O)O)c(C=Cc2cccc(Cl)c2)n1. The van der Waals surface area contributed by atoms with Gasteiger partial charge in [0.05, 0.1) is 12.1 Å². The summed E-state index contributed by atoms with van der Waals surface area (Å²) in [5.41, 5.74) is 3.17. The fourth-order valence-corrected chi connectivity index (χ4v) is 2.05. The second-order valence-corrected chi connectivity index (χ2v) is 4.89. The van der Waals surface area contributed by atoms with E-state index in [1.54, 1.807) is 12.1 Å². The Balaban J connectivity index is 2.32. The first-order valence-electron chi connectivity index (χ1n) is 6.16. The molecule has 0 aliphatic carbocycles. The van der Waals surface area contributed by atoms with E-state index in [1.807, 2.05) is 43.3 Å². The first kappa shape index (κ1) is 14.3. The minimum absolute atomic E-state index is 0.0392. The summed E-state index contributed by atoms with van der Waals surface area (Å²) in [4.78, 5) is 15.2. The molecule has 0 bridgehead atoms. The molecule has 4 heteroatoms. The second-order valence-electron chi connectivity index (χ2n) is 4.46. The van der Waals surface area contributed by atoms with E-state index in [4.69, 9.17) is 16.7 Å². The van der Waals surface area contributed by atoms with Crippen LogP contribution in [0.2, 0.25) is 5.02 Å². The van der Waals surface area contributed by atoms with Gasteiger partial charge in [-0.05, 0) is 42.3 Å². The maximum absolute atomic E-state index is 10.9. The number of carboxylic acids is 1. The predicted molar refractivity (Wildman–Crippen MR) is 80.7 cm³/mol. The van der Waals surface area contributed by atoms with Gasteiger partial charge in [0.15, 0.2) is 0 Å². The van der Waals surface area contributed by atoms with Gasteiger partial charge in [-0.25, -0.2) is 0 Å². The number of benzene rings is 1. The molecule has 2 rings (SSSR count). The van der Waals surface area contributed by atoms with E-state index in [0.717, 1.165) is 11.3 Å². The average Bonchev–Trinajstić information content (AvgIpc) is 2.39. The Kier molecular flexibility index (Phi) is 4.53. The predicted octanol–water partition coefficient (Wildman–Crippen LogP) is 3.84. The zero-order valence-corrected chi connectivity index (χ0v) is 11.8. The number of nitrogens with zero attached hydrogens (tertiary/aromatic N) is 1. The number of pyridine rings is 1. The van der Waals surface area contributed by atoms with Crippen molar-refractivity contribution >= 4 is 29.7 Å². The maximum atomic E-state index is 10.9.